The van der Waals surface area contributed by atoms with E-state index in [0.717, 1.165) is 36.8 Å². The van der Waals surface area contributed by atoms with Crippen LogP contribution in [0, 0.1) is 0 Å². The number of benzene rings is 2. The number of hydrogen-bond acceptors (Lipinski definition) is 5. The highest BCUT2D eigenvalue weighted by atomic mass is 35.5. The first-order valence-corrected chi connectivity index (χ1v) is 9.92. The summed E-state index contributed by atoms with van der Waals surface area (Å²) in [5, 5.41) is 0.639. The maximum Gasteiger partial charge on any atom is 0.161 e. The molecule has 0 aromatic heterocycles. The van der Waals surface area contributed by atoms with Crippen molar-refractivity contribution >= 4 is 17.3 Å². The van der Waals surface area contributed by atoms with Gasteiger partial charge in [0.2, 0.25) is 0 Å². The van der Waals surface area contributed by atoms with Gasteiger partial charge in [0.05, 0.1) is 26.4 Å². The molecule has 152 valence electrons. The standard InChI is InChI=1S/C22H29ClN2O3/c1-15-14-24(18-7-8-19(23)21(13-18)27-4)10-11-25(15)16(2)17-6-9-20(26-3)22(12-17)28-5/h6-9,12-13,15-16H,10-11,14H2,1-5H3. The first-order valence-electron chi connectivity index (χ1n) is 9.54. The lowest BCUT2D eigenvalue weighted by Gasteiger charge is -2.44. The molecular formula is C22H29ClN2O3. The van der Waals surface area contributed by atoms with Crippen LogP contribution in [0.5, 0.6) is 17.2 Å². The van der Waals surface area contributed by atoms with Crippen LogP contribution in [-0.4, -0.2) is 51.9 Å². The lowest BCUT2D eigenvalue weighted by atomic mass is 10.0. The van der Waals surface area contributed by atoms with Gasteiger partial charge in [-0.2, -0.15) is 0 Å². The zero-order chi connectivity index (χ0) is 20.3. The van der Waals surface area contributed by atoms with E-state index < -0.39 is 0 Å². The fourth-order valence-corrected chi connectivity index (χ4v) is 4.13. The molecule has 0 bridgehead atoms. The fourth-order valence-electron chi connectivity index (χ4n) is 3.93. The van der Waals surface area contributed by atoms with E-state index >= 15 is 0 Å². The Morgan fingerprint density at radius 1 is 0.929 bits per heavy atom. The second kappa shape index (κ2) is 8.93. The summed E-state index contributed by atoms with van der Waals surface area (Å²) >= 11 is 6.17. The largest absolute Gasteiger partial charge is 0.495 e. The molecule has 28 heavy (non-hydrogen) atoms. The predicted octanol–water partition coefficient (Wildman–Crippen LogP) is 4.64. The molecule has 2 unspecified atom stereocenters. The van der Waals surface area contributed by atoms with Crippen LogP contribution in [0.4, 0.5) is 5.69 Å². The van der Waals surface area contributed by atoms with Crippen LogP contribution in [0.2, 0.25) is 5.02 Å². The van der Waals surface area contributed by atoms with E-state index in [1.54, 1.807) is 21.3 Å². The summed E-state index contributed by atoms with van der Waals surface area (Å²) in [6, 6.07) is 12.8. The molecule has 0 aliphatic carbocycles. The van der Waals surface area contributed by atoms with Gasteiger partial charge in [-0.15, -0.1) is 0 Å². The van der Waals surface area contributed by atoms with Crippen LogP contribution in [0.25, 0.3) is 0 Å². The number of rotatable bonds is 6. The summed E-state index contributed by atoms with van der Waals surface area (Å²) in [6.07, 6.45) is 0. The van der Waals surface area contributed by atoms with Gasteiger partial charge in [0.25, 0.3) is 0 Å². The topological polar surface area (TPSA) is 34.2 Å². The highest BCUT2D eigenvalue weighted by Gasteiger charge is 2.28. The lowest BCUT2D eigenvalue weighted by Crippen LogP contribution is -2.52. The Labute approximate surface area is 172 Å². The highest BCUT2D eigenvalue weighted by Crippen LogP contribution is 2.34. The van der Waals surface area contributed by atoms with E-state index in [2.05, 4.69) is 41.8 Å². The van der Waals surface area contributed by atoms with Crippen LogP contribution < -0.4 is 19.1 Å². The SMILES string of the molecule is COc1cc(N2CCN(C(C)c3ccc(OC)c(OC)c3)C(C)C2)ccc1Cl. The minimum Gasteiger partial charge on any atom is -0.495 e. The van der Waals surface area contributed by atoms with Gasteiger partial charge < -0.3 is 19.1 Å². The number of halogens is 1. The molecule has 2 aromatic carbocycles. The quantitative estimate of drug-likeness (QED) is 0.700. The Balaban J connectivity index is 1.73. The molecule has 1 aliphatic rings. The third kappa shape index (κ3) is 4.15. The summed E-state index contributed by atoms with van der Waals surface area (Å²) in [7, 11) is 4.98. The van der Waals surface area contributed by atoms with Gasteiger partial charge in [0, 0.05) is 43.5 Å². The van der Waals surface area contributed by atoms with Gasteiger partial charge in [0.1, 0.15) is 5.75 Å². The number of methoxy groups -OCH3 is 3. The van der Waals surface area contributed by atoms with Crippen molar-refractivity contribution < 1.29 is 14.2 Å². The molecule has 1 heterocycles. The molecule has 2 atom stereocenters. The molecule has 2 aromatic rings. The lowest BCUT2D eigenvalue weighted by molar-refractivity contribution is 0.138. The van der Waals surface area contributed by atoms with E-state index in [0.29, 0.717) is 16.8 Å². The molecule has 1 fully saturated rings. The van der Waals surface area contributed by atoms with E-state index in [1.165, 1.54) is 5.56 Å². The van der Waals surface area contributed by atoms with Crippen molar-refractivity contribution in [2.45, 2.75) is 25.9 Å². The highest BCUT2D eigenvalue weighted by molar-refractivity contribution is 6.32. The van der Waals surface area contributed by atoms with E-state index in [9.17, 15) is 0 Å². The van der Waals surface area contributed by atoms with Gasteiger partial charge in [0.15, 0.2) is 11.5 Å². The molecule has 3 rings (SSSR count). The van der Waals surface area contributed by atoms with Crippen LogP contribution in [0.3, 0.4) is 0 Å². The van der Waals surface area contributed by atoms with Crippen molar-refractivity contribution in [1.29, 1.82) is 0 Å². The van der Waals surface area contributed by atoms with Gasteiger partial charge in [-0.3, -0.25) is 4.90 Å². The summed E-state index contributed by atoms with van der Waals surface area (Å²) in [4.78, 5) is 4.92. The molecule has 0 spiro atoms. The Hall–Kier alpha value is -2.11. The molecule has 0 amide bonds. The number of ether oxygens (including phenoxy) is 3. The predicted molar refractivity (Wildman–Crippen MR) is 114 cm³/mol. The smallest absolute Gasteiger partial charge is 0.161 e. The molecular weight excluding hydrogens is 376 g/mol. The van der Waals surface area contributed by atoms with Crippen LogP contribution >= 0.6 is 11.6 Å². The first kappa shape index (κ1) is 20.6. The maximum atomic E-state index is 6.17. The average Bonchev–Trinajstić information content (AvgIpc) is 2.73. The number of piperazine rings is 1. The zero-order valence-corrected chi connectivity index (χ0v) is 18.0. The van der Waals surface area contributed by atoms with Gasteiger partial charge in [-0.1, -0.05) is 17.7 Å². The van der Waals surface area contributed by atoms with Crippen LogP contribution in [0.15, 0.2) is 36.4 Å². The van der Waals surface area contributed by atoms with Crippen molar-refractivity contribution in [2.75, 3.05) is 45.9 Å². The third-order valence-corrected chi connectivity index (χ3v) is 5.88. The van der Waals surface area contributed by atoms with E-state index in [4.69, 9.17) is 25.8 Å². The number of nitrogens with zero attached hydrogens (tertiary/aromatic N) is 2. The van der Waals surface area contributed by atoms with Gasteiger partial charge in [-0.25, -0.2) is 0 Å². The van der Waals surface area contributed by atoms with Crippen LogP contribution in [0.1, 0.15) is 25.5 Å². The van der Waals surface area contributed by atoms with E-state index in [1.807, 2.05) is 18.2 Å². The molecule has 1 saturated heterocycles. The Morgan fingerprint density at radius 3 is 2.29 bits per heavy atom. The number of hydrogen-bond donors (Lipinski definition) is 0. The monoisotopic (exact) mass is 404 g/mol. The molecule has 1 aliphatic heterocycles. The Kier molecular flexibility index (Phi) is 6.57. The average molecular weight is 405 g/mol. The molecule has 0 N–H and O–H groups in total. The molecule has 6 heteroatoms. The van der Waals surface area contributed by atoms with Crippen molar-refractivity contribution in [2.24, 2.45) is 0 Å². The van der Waals surface area contributed by atoms with E-state index in [-0.39, 0.29) is 6.04 Å². The van der Waals surface area contributed by atoms with Gasteiger partial charge in [-0.05, 0) is 43.7 Å². The molecule has 5 nitrogen and oxygen atoms in total. The van der Waals surface area contributed by atoms with Gasteiger partial charge >= 0.3 is 0 Å². The van der Waals surface area contributed by atoms with Crippen molar-refractivity contribution in [3.8, 4) is 17.2 Å². The zero-order valence-electron chi connectivity index (χ0n) is 17.2. The summed E-state index contributed by atoms with van der Waals surface area (Å²) in [6.45, 7) is 7.39. The van der Waals surface area contributed by atoms with Crippen molar-refractivity contribution in [3.63, 3.8) is 0 Å². The summed E-state index contributed by atoms with van der Waals surface area (Å²) < 4.78 is 16.2. The second-order valence-electron chi connectivity index (χ2n) is 7.14. The second-order valence-corrected chi connectivity index (χ2v) is 7.55. The Bertz CT molecular complexity index is 814. The third-order valence-electron chi connectivity index (χ3n) is 5.57. The Morgan fingerprint density at radius 2 is 1.64 bits per heavy atom. The minimum atomic E-state index is 0.289. The number of anilines is 1. The minimum absolute atomic E-state index is 0.289. The first-order chi connectivity index (χ1) is 13.5. The molecule has 0 saturated carbocycles. The maximum absolute atomic E-state index is 6.17. The summed E-state index contributed by atoms with van der Waals surface area (Å²) in [5.41, 5.74) is 2.37. The van der Waals surface area contributed by atoms with Crippen molar-refractivity contribution in [3.05, 3.63) is 47.0 Å². The molecule has 0 radical (unpaired) electrons. The van der Waals surface area contributed by atoms with Crippen molar-refractivity contribution in [1.82, 2.24) is 4.90 Å². The summed E-state index contributed by atoms with van der Waals surface area (Å²) in [5.74, 6) is 2.24. The van der Waals surface area contributed by atoms with Crippen LogP contribution in [-0.2, 0) is 0 Å². The fraction of sp³-hybridized carbons (Fsp3) is 0.455. The normalized spacial score (nSPS) is 18.6.